The van der Waals surface area contributed by atoms with Crippen LogP contribution in [-0.2, 0) is 0 Å². The molecule has 0 spiro atoms. The van der Waals surface area contributed by atoms with Crippen LogP contribution >= 0.6 is 65.9 Å². The molecule has 8 nitrogen and oxygen atoms in total. The van der Waals surface area contributed by atoms with Crippen molar-refractivity contribution < 1.29 is 19.1 Å². The number of nitrogens with zero attached hydrogens (tertiary/aromatic N) is 2. The van der Waals surface area contributed by atoms with Crippen molar-refractivity contribution in [3.8, 4) is 11.5 Å². The van der Waals surface area contributed by atoms with Gasteiger partial charge in [0.2, 0.25) is 0 Å². The van der Waals surface area contributed by atoms with Gasteiger partial charge in [-0.15, -0.1) is 34.0 Å². The summed E-state index contributed by atoms with van der Waals surface area (Å²) in [6.45, 7) is 4.58. The summed E-state index contributed by atoms with van der Waals surface area (Å²) in [5.41, 5.74) is 8.30. The minimum Gasteiger partial charge on any atom is -0.488 e. The first-order valence-electron chi connectivity index (χ1n) is 14.7. The van der Waals surface area contributed by atoms with Crippen molar-refractivity contribution in [3.05, 3.63) is 123 Å². The second-order valence-electron chi connectivity index (χ2n) is 9.86. The Morgan fingerprint density at radius 1 is 0.617 bits per heavy atom. The van der Waals surface area contributed by atoms with Crippen LogP contribution in [0.5, 0.6) is 11.5 Å². The van der Waals surface area contributed by atoms with Gasteiger partial charge in [0.25, 0.3) is 11.8 Å². The molecule has 0 aliphatic carbocycles. The topological polar surface area (TPSA) is 101 Å². The highest BCUT2D eigenvalue weighted by atomic mass is 79.9. The SMILES string of the molecule is CCCOc1c(C(=O)N/N=C(\c2ccccc2)c2ccc(Br)s2)sc(C(=O)N/N=C(\c2ccccc2)c2ccc(Br)s2)c1OCCC. The maximum Gasteiger partial charge on any atom is 0.285 e. The number of carbonyl (C=O) groups is 2. The highest BCUT2D eigenvalue weighted by molar-refractivity contribution is 9.11. The number of amides is 2. The second kappa shape index (κ2) is 17.0. The number of hydrogen-bond acceptors (Lipinski definition) is 9. The number of rotatable bonds is 14. The minimum absolute atomic E-state index is 0.174. The summed E-state index contributed by atoms with van der Waals surface area (Å²) in [6, 6.07) is 26.9. The number of hydrogen-bond donors (Lipinski definition) is 2. The molecule has 5 rings (SSSR count). The van der Waals surface area contributed by atoms with Gasteiger partial charge >= 0.3 is 0 Å². The lowest BCUT2D eigenvalue weighted by Gasteiger charge is -2.11. The fourth-order valence-corrected chi connectivity index (χ4v) is 8.05. The van der Waals surface area contributed by atoms with Crippen molar-refractivity contribution in [1.29, 1.82) is 0 Å². The fourth-order valence-electron chi connectivity index (χ4n) is 4.28. The van der Waals surface area contributed by atoms with Crippen molar-refractivity contribution in [2.75, 3.05) is 13.2 Å². The number of ether oxygens (including phenoxy) is 2. The van der Waals surface area contributed by atoms with E-state index >= 15 is 0 Å². The van der Waals surface area contributed by atoms with Crippen LogP contribution in [0.4, 0.5) is 0 Å². The number of halogens is 2. The molecular weight excluding hydrogens is 784 g/mol. The van der Waals surface area contributed by atoms with Gasteiger partial charge in [-0.25, -0.2) is 10.9 Å². The van der Waals surface area contributed by atoms with E-state index in [9.17, 15) is 9.59 Å². The Kier molecular flexibility index (Phi) is 12.5. The highest BCUT2D eigenvalue weighted by Gasteiger charge is 2.30. The van der Waals surface area contributed by atoms with Crippen LogP contribution in [0.2, 0.25) is 0 Å². The number of thiophene rings is 3. The lowest BCUT2D eigenvalue weighted by molar-refractivity contribution is 0.0945. The zero-order valence-electron chi connectivity index (χ0n) is 25.4. The van der Waals surface area contributed by atoms with Crippen LogP contribution < -0.4 is 20.3 Å². The molecule has 0 bridgehead atoms. The zero-order chi connectivity index (χ0) is 33.2. The van der Waals surface area contributed by atoms with Gasteiger partial charge in [-0.3, -0.25) is 9.59 Å². The van der Waals surface area contributed by atoms with E-state index in [1.54, 1.807) is 0 Å². The first-order chi connectivity index (χ1) is 22.9. The summed E-state index contributed by atoms with van der Waals surface area (Å²) >= 11 is 11.0. The molecule has 0 atom stereocenters. The molecule has 0 saturated carbocycles. The molecular formula is C34H30Br2N4O4S3. The predicted molar refractivity (Wildman–Crippen MR) is 199 cm³/mol. The molecule has 2 N–H and O–H groups in total. The summed E-state index contributed by atoms with van der Waals surface area (Å²) in [7, 11) is 0. The Hall–Kier alpha value is -3.62. The average Bonchev–Trinajstić information content (AvgIpc) is 3.82. The Bertz CT molecular complexity index is 1750. The normalized spacial score (nSPS) is 11.7. The van der Waals surface area contributed by atoms with E-state index in [1.807, 2.05) is 98.8 Å². The highest BCUT2D eigenvalue weighted by Crippen LogP contribution is 2.43. The number of nitrogens with one attached hydrogen (secondary N) is 2. The maximum atomic E-state index is 13.8. The molecule has 13 heteroatoms. The van der Waals surface area contributed by atoms with Crippen LogP contribution in [0.3, 0.4) is 0 Å². The van der Waals surface area contributed by atoms with E-state index in [1.165, 1.54) is 22.7 Å². The summed E-state index contributed by atoms with van der Waals surface area (Å²) in [4.78, 5) is 29.7. The van der Waals surface area contributed by atoms with E-state index in [0.29, 0.717) is 37.5 Å². The zero-order valence-corrected chi connectivity index (χ0v) is 31.0. The lowest BCUT2D eigenvalue weighted by atomic mass is 10.1. The molecule has 5 aromatic rings. The van der Waals surface area contributed by atoms with Gasteiger partial charge in [-0.2, -0.15) is 10.2 Å². The van der Waals surface area contributed by atoms with Crippen LogP contribution in [0.15, 0.2) is 103 Å². The third-order valence-corrected chi connectivity index (χ3v) is 10.8. The van der Waals surface area contributed by atoms with Crippen molar-refractivity contribution in [3.63, 3.8) is 0 Å². The Morgan fingerprint density at radius 3 is 1.36 bits per heavy atom. The molecule has 0 radical (unpaired) electrons. The van der Waals surface area contributed by atoms with Gasteiger partial charge in [0.15, 0.2) is 11.5 Å². The third kappa shape index (κ3) is 8.85. The molecule has 0 unspecified atom stereocenters. The van der Waals surface area contributed by atoms with Crippen LogP contribution in [0.25, 0.3) is 0 Å². The molecule has 2 amide bonds. The summed E-state index contributed by atoms with van der Waals surface area (Å²) < 4.78 is 14.0. The molecule has 0 aliphatic rings. The quantitative estimate of drug-likeness (QED) is 0.0863. The first kappa shape index (κ1) is 34.7. The molecule has 0 saturated heterocycles. The summed E-state index contributed by atoms with van der Waals surface area (Å²) in [5.74, 6) is -0.639. The van der Waals surface area contributed by atoms with Gasteiger partial charge in [0.05, 0.1) is 30.5 Å². The molecule has 47 heavy (non-hydrogen) atoms. The Labute approximate surface area is 301 Å². The van der Waals surface area contributed by atoms with Gasteiger partial charge in [-0.1, -0.05) is 74.5 Å². The van der Waals surface area contributed by atoms with Crippen molar-refractivity contribution >= 4 is 89.1 Å². The van der Waals surface area contributed by atoms with Gasteiger partial charge in [0.1, 0.15) is 21.2 Å². The van der Waals surface area contributed by atoms with E-state index in [2.05, 4.69) is 52.9 Å². The summed E-state index contributed by atoms with van der Waals surface area (Å²) in [5, 5.41) is 9.08. The van der Waals surface area contributed by atoms with Crippen molar-refractivity contribution in [2.45, 2.75) is 26.7 Å². The third-order valence-electron chi connectivity index (χ3n) is 6.38. The molecule has 0 fully saturated rings. The van der Waals surface area contributed by atoms with Crippen molar-refractivity contribution in [1.82, 2.24) is 10.9 Å². The van der Waals surface area contributed by atoms with Gasteiger partial charge in [-0.05, 0) is 69.0 Å². The number of benzene rings is 2. The van der Waals surface area contributed by atoms with E-state index in [4.69, 9.17) is 9.47 Å². The Balaban J connectivity index is 1.51. The second-order valence-corrected chi connectivity index (χ2v) is 15.8. The molecule has 0 aliphatic heterocycles. The predicted octanol–water partition coefficient (Wildman–Crippen LogP) is 9.34. The molecule has 242 valence electrons. The van der Waals surface area contributed by atoms with E-state index in [-0.39, 0.29) is 21.3 Å². The smallest absolute Gasteiger partial charge is 0.285 e. The average molecular weight is 815 g/mol. The van der Waals surface area contributed by atoms with Crippen LogP contribution in [0, 0.1) is 0 Å². The molecule has 2 aromatic carbocycles. The van der Waals surface area contributed by atoms with Crippen molar-refractivity contribution in [2.24, 2.45) is 10.2 Å². The molecule has 3 aromatic heterocycles. The lowest BCUT2D eigenvalue weighted by Crippen LogP contribution is -2.20. The number of hydrazone groups is 2. The number of carbonyl (C=O) groups excluding carboxylic acids is 2. The monoisotopic (exact) mass is 812 g/mol. The van der Waals surface area contributed by atoms with E-state index < -0.39 is 11.8 Å². The van der Waals surface area contributed by atoms with Crippen LogP contribution in [0.1, 0.15) is 66.9 Å². The van der Waals surface area contributed by atoms with Crippen LogP contribution in [-0.4, -0.2) is 36.5 Å². The maximum absolute atomic E-state index is 13.8. The van der Waals surface area contributed by atoms with Gasteiger partial charge < -0.3 is 9.47 Å². The minimum atomic E-state index is -0.525. The first-order valence-corrected chi connectivity index (χ1v) is 18.7. The largest absolute Gasteiger partial charge is 0.488 e. The van der Waals surface area contributed by atoms with Gasteiger partial charge in [0, 0.05) is 11.1 Å². The van der Waals surface area contributed by atoms with E-state index in [0.717, 1.165) is 39.8 Å². The summed E-state index contributed by atoms with van der Waals surface area (Å²) in [6.07, 6.45) is 1.38. The standard InChI is InChI=1S/C34H30Br2N4O4S3/c1-3-19-43-29-30(44-20-4-2)32(34(42)40-38-28(22-13-9-6-10-14-22)24-16-18-26(36)46-24)47-31(29)33(41)39-37-27(21-11-7-5-8-12-21)23-15-17-25(35)45-23/h5-18H,3-4,19-20H2,1-2H3,(H,39,41)(H,40,42)/b37-27+,38-28+. The Morgan fingerprint density at radius 2 is 1.02 bits per heavy atom. The molecule has 3 heterocycles. The fraction of sp³-hybridized carbons (Fsp3) is 0.176.